The lowest BCUT2D eigenvalue weighted by atomic mass is 10.1. The molecular formula is C24H14Cl3N3O2S. The zero-order chi connectivity index (χ0) is 23.4. The molecule has 0 saturated heterocycles. The molecule has 4 aromatic rings. The van der Waals surface area contributed by atoms with Gasteiger partial charge in [-0.3, -0.25) is 10.1 Å². The molecule has 0 spiro atoms. The molecule has 0 aliphatic carbocycles. The highest BCUT2D eigenvalue weighted by molar-refractivity contribution is 7.15. The Morgan fingerprint density at radius 1 is 1.09 bits per heavy atom. The van der Waals surface area contributed by atoms with Gasteiger partial charge in [-0.05, 0) is 48.0 Å². The Kier molecular flexibility index (Phi) is 7.17. The zero-order valence-electron chi connectivity index (χ0n) is 16.8. The van der Waals surface area contributed by atoms with Gasteiger partial charge in [-0.2, -0.15) is 5.26 Å². The Balaban J connectivity index is 1.46. The van der Waals surface area contributed by atoms with Crippen molar-refractivity contribution in [3.8, 4) is 17.4 Å². The molecule has 0 aliphatic rings. The molecule has 0 aliphatic heterocycles. The molecule has 9 heteroatoms. The van der Waals surface area contributed by atoms with E-state index >= 15 is 0 Å². The van der Waals surface area contributed by atoms with Crippen molar-refractivity contribution in [3.63, 3.8) is 0 Å². The van der Waals surface area contributed by atoms with E-state index in [0.717, 1.165) is 10.4 Å². The van der Waals surface area contributed by atoms with Crippen molar-refractivity contribution < 1.29 is 9.21 Å². The number of amides is 1. The minimum Gasteiger partial charge on any atom is -0.457 e. The van der Waals surface area contributed by atoms with E-state index in [9.17, 15) is 10.1 Å². The van der Waals surface area contributed by atoms with Gasteiger partial charge in [-0.15, -0.1) is 11.3 Å². The molecule has 164 valence electrons. The largest absolute Gasteiger partial charge is 0.457 e. The second kappa shape index (κ2) is 10.2. The number of anilines is 1. The van der Waals surface area contributed by atoms with Gasteiger partial charge < -0.3 is 4.42 Å². The first-order valence-electron chi connectivity index (χ1n) is 9.59. The summed E-state index contributed by atoms with van der Waals surface area (Å²) in [6.07, 6.45) is 3.71. The first-order chi connectivity index (χ1) is 15.9. The molecule has 0 unspecified atom stereocenters. The summed E-state index contributed by atoms with van der Waals surface area (Å²) in [6, 6.07) is 17.8. The monoisotopic (exact) mass is 513 g/mol. The summed E-state index contributed by atoms with van der Waals surface area (Å²) >= 11 is 19.5. The Hall–Kier alpha value is -3.08. The predicted molar refractivity (Wildman–Crippen MR) is 133 cm³/mol. The second-order valence-electron chi connectivity index (χ2n) is 6.89. The molecule has 2 aromatic carbocycles. The van der Waals surface area contributed by atoms with E-state index in [1.807, 2.05) is 30.3 Å². The van der Waals surface area contributed by atoms with Crippen LogP contribution < -0.4 is 5.32 Å². The highest BCUT2D eigenvalue weighted by Gasteiger charge is 2.14. The molecule has 1 amide bonds. The number of furan rings is 1. The Bertz CT molecular complexity index is 1380. The summed E-state index contributed by atoms with van der Waals surface area (Å²) in [7, 11) is 0. The fraction of sp³-hybridized carbons (Fsp3) is 0.0417. The van der Waals surface area contributed by atoms with Crippen LogP contribution in [-0.2, 0) is 11.2 Å². The maximum absolute atomic E-state index is 12.6. The number of nitriles is 1. The Labute approximate surface area is 208 Å². The van der Waals surface area contributed by atoms with Crippen molar-refractivity contribution in [2.24, 2.45) is 0 Å². The van der Waals surface area contributed by atoms with E-state index in [1.165, 1.54) is 17.4 Å². The SMILES string of the molecule is N#CC(=Cc1ccc(-c2cc(Cl)ccc2Cl)o1)C(=O)Nc1ncc(Cc2ccc(Cl)cc2)s1. The van der Waals surface area contributed by atoms with Crippen LogP contribution in [0.3, 0.4) is 0 Å². The number of nitrogens with zero attached hydrogens (tertiary/aromatic N) is 2. The van der Waals surface area contributed by atoms with Gasteiger partial charge in [0.15, 0.2) is 5.13 Å². The molecule has 0 atom stereocenters. The number of thiazole rings is 1. The van der Waals surface area contributed by atoms with Gasteiger partial charge in [0, 0.05) is 39.2 Å². The number of nitrogens with one attached hydrogen (secondary N) is 1. The van der Waals surface area contributed by atoms with Crippen LogP contribution in [0.25, 0.3) is 17.4 Å². The molecule has 0 bridgehead atoms. The third kappa shape index (κ3) is 5.84. The Morgan fingerprint density at radius 2 is 1.85 bits per heavy atom. The number of carbonyl (C=O) groups excluding carboxylic acids is 1. The summed E-state index contributed by atoms with van der Waals surface area (Å²) in [6.45, 7) is 0. The zero-order valence-corrected chi connectivity index (χ0v) is 19.9. The third-order valence-corrected chi connectivity index (χ3v) is 6.27. The number of hydrogen-bond acceptors (Lipinski definition) is 5. The van der Waals surface area contributed by atoms with Gasteiger partial charge in [0.05, 0.1) is 5.02 Å². The lowest BCUT2D eigenvalue weighted by Crippen LogP contribution is -2.13. The van der Waals surface area contributed by atoms with Crippen molar-refractivity contribution in [2.75, 3.05) is 5.32 Å². The van der Waals surface area contributed by atoms with Gasteiger partial charge in [0.1, 0.15) is 23.2 Å². The first-order valence-corrected chi connectivity index (χ1v) is 11.5. The minimum atomic E-state index is -0.580. The second-order valence-corrected chi connectivity index (χ2v) is 9.28. The molecular weight excluding hydrogens is 501 g/mol. The van der Waals surface area contributed by atoms with Crippen LogP contribution in [0.4, 0.5) is 5.13 Å². The molecule has 0 saturated carbocycles. The number of aromatic nitrogens is 1. The molecule has 0 fully saturated rings. The van der Waals surface area contributed by atoms with Crippen LogP contribution in [-0.4, -0.2) is 10.9 Å². The van der Waals surface area contributed by atoms with Crippen molar-refractivity contribution in [2.45, 2.75) is 6.42 Å². The van der Waals surface area contributed by atoms with Gasteiger partial charge >= 0.3 is 0 Å². The van der Waals surface area contributed by atoms with Crippen LogP contribution in [0.2, 0.25) is 15.1 Å². The summed E-state index contributed by atoms with van der Waals surface area (Å²) in [4.78, 5) is 17.8. The molecule has 1 N–H and O–H groups in total. The maximum Gasteiger partial charge on any atom is 0.268 e. The van der Waals surface area contributed by atoms with Crippen molar-refractivity contribution in [1.29, 1.82) is 5.26 Å². The third-order valence-electron chi connectivity index (χ3n) is 4.54. The Morgan fingerprint density at radius 3 is 2.61 bits per heavy atom. The number of carbonyl (C=O) groups is 1. The van der Waals surface area contributed by atoms with Crippen LogP contribution in [0.1, 0.15) is 16.2 Å². The fourth-order valence-corrected chi connectivity index (χ4v) is 4.32. The number of rotatable bonds is 6. The highest BCUT2D eigenvalue weighted by atomic mass is 35.5. The first kappa shape index (κ1) is 23.1. The van der Waals surface area contributed by atoms with Crippen LogP contribution in [0.15, 0.2) is 70.8 Å². The van der Waals surface area contributed by atoms with Gasteiger partial charge in [-0.1, -0.05) is 46.9 Å². The highest BCUT2D eigenvalue weighted by Crippen LogP contribution is 2.32. The smallest absolute Gasteiger partial charge is 0.268 e. The van der Waals surface area contributed by atoms with E-state index in [1.54, 1.807) is 36.5 Å². The van der Waals surface area contributed by atoms with Gasteiger partial charge in [-0.25, -0.2) is 4.98 Å². The van der Waals surface area contributed by atoms with Gasteiger partial charge in [0.2, 0.25) is 0 Å². The number of benzene rings is 2. The molecule has 4 rings (SSSR count). The summed E-state index contributed by atoms with van der Waals surface area (Å²) in [5.74, 6) is 0.220. The van der Waals surface area contributed by atoms with Crippen molar-refractivity contribution in [3.05, 3.63) is 97.6 Å². The lowest BCUT2D eigenvalue weighted by Gasteiger charge is -2.01. The number of halogens is 3. The summed E-state index contributed by atoms with van der Waals surface area (Å²) < 4.78 is 5.74. The predicted octanol–water partition coefficient (Wildman–Crippen LogP) is 7.50. The lowest BCUT2D eigenvalue weighted by molar-refractivity contribution is -0.112. The van der Waals surface area contributed by atoms with Crippen LogP contribution in [0.5, 0.6) is 0 Å². The van der Waals surface area contributed by atoms with Gasteiger partial charge in [0.25, 0.3) is 5.91 Å². The quantitative estimate of drug-likeness (QED) is 0.213. The topological polar surface area (TPSA) is 78.9 Å². The normalized spacial score (nSPS) is 11.3. The fourth-order valence-electron chi connectivity index (χ4n) is 2.97. The summed E-state index contributed by atoms with van der Waals surface area (Å²) in [5.41, 5.74) is 1.57. The van der Waals surface area contributed by atoms with E-state index in [-0.39, 0.29) is 5.57 Å². The maximum atomic E-state index is 12.6. The van der Waals surface area contributed by atoms with E-state index < -0.39 is 5.91 Å². The van der Waals surface area contributed by atoms with E-state index in [2.05, 4.69) is 10.3 Å². The average molecular weight is 515 g/mol. The van der Waals surface area contributed by atoms with E-state index in [4.69, 9.17) is 39.2 Å². The van der Waals surface area contributed by atoms with Crippen molar-refractivity contribution >= 4 is 63.3 Å². The standard InChI is InChI=1S/C24H14Cl3N3O2S/c25-16-3-1-14(2-4-16)9-19-13-29-24(33-19)30-23(31)15(12-28)10-18-6-8-22(32-18)20-11-17(26)5-7-21(20)27/h1-8,10-11,13H,9H2,(H,29,30,31). The molecule has 5 nitrogen and oxygen atoms in total. The van der Waals surface area contributed by atoms with Crippen LogP contribution >= 0.6 is 46.1 Å². The van der Waals surface area contributed by atoms with E-state index in [0.29, 0.717) is 43.7 Å². The number of hydrogen-bond donors (Lipinski definition) is 1. The van der Waals surface area contributed by atoms with Crippen molar-refractivity contribution in [1.82, 2.24) is 4.98 Å². The molecule has 33 heavy (non-hydrogen) atoms. The summed E-state index contributed by atoms with van der Waals surface area (Å²) in [5, 5.41) is 14.2. The molecule has 2 aromatic heterocycles. The minimum absolute atomic E-state index is 0.123. The molecule has 2 heterocycles. The average Bonchev–Trinajstić information content (AvgIpc) is 3.44. The van der Waals surface area contributed by atoms with Crippen LogP contribution in [0, 0.1) is 11.3 Å². The molecule has 0 radical (unpaired) electrons.